The largest absolute Gasteiger partial charge is 0.312 e. The van der Waals surface area contributed by atoms with Crippen molar-refractivity contribution in [3.63, 3.8) is 0 Å². The van der Waals surface area contributed by atoms with Gasteiger partial charge in [0.15, 0.2) is 5.82 Å². The van der Waals surface area contributed by atoms with Gasteiger partial charge in [0.2, 0.25) is 6.41 Å². The van der Waals surface area contributed by atoms with E-state index in [0.29, 0.717) is 12.2 Å². The van der Waals surface area contributed by atoms with E-state index in [0.717, 1.165) is 10.1 Å². The second kappa shape index (κ2) is 2.86. The SMILES string of the molecule is O=CNc1nsc2cnccc12. The third-order valence-electron chi connectivity index (χ3n) is 1.47. The summed E-state index contributed by atoms with van der Waals surface area (Å²) >= 11 is 1.32. The highest BCUT2D eigenvalue weighted by atomic mass is 32.1. The molecule has 0 saturated heterocycles. The van der Waals surface area contributed by atoms with Crippen molar-refractivity contribution in [2.24, 2.45) is 0 Å². The van der Waals surface area contributed by atoms with Gasteiger partial charge in [0.25, 0.3) is 0 Å². The van der Waals surface area contributed by atoms with Crippen LogP contribution in [0.15, 0.2) is 18.5 Å². The van der Waals surface area contributed by atoms with E-state index < -0.39 is 0 Å². The van der Waals surface area contributed by atoms with Crippen LogP contribution >= 0.6 is 11.5 Å². The molecule has 0 bridgehead atoms. The normalized spacial score (nSPS) is 10.0. The quantitative estimate of drug-likeness (QED) is 0.706. The highest BCUT2D eigenvalue weighted by Crippen LogP contribution is 2.24. The molecular weight excluding hydrogens is 174 g/mol. The third kappa shape index (κ3) is 1.04. The highest BCUT2D eigenvalue weighted by molar-refractivity contribution is 7.13. The Hall–Kier alpha value is -1.49. The van der Waals surface area contributed by atoms with Crippen molar-refractivity contribution in [1.82, 2.24) is 9.36 Å². The maximum atomic E-state index is 10.2. The summed E-state index contributed by atoms with van der Waals surface area (Å²) in [5.41, 5.74) is 0. The van der Waals surface area contributed by atoms with E-state index in [2.05, 4.69) is 14.7 Å². The van der Waals surface area contributed by atoms with E-state index in [-0.39, 0.29) is 0 Å². The minimum atomic E-state index is 0.604. The first-order chi connectivity index (χ1) is 5.92. The van der Waals surface area contributed by atoms with E-state index in [4.69, 9.17) is 0 Å². The van der Waals surface area contributed by atoms with Crippen LogP contribution in [0.1, 0.15) is 0 Å². The zero-order chi connectivity index (χ0) is 8.39. The predicted molar refractivity (Wildman–Crippen MR) is 47.1 cm³/mol. The molecule has 0 radical (unpaired) electrons. The average Bonchev–Trinajstić information content (AvgIpc) is 2.50. The van der Waals surface area contributed by atoms with E-state index in [1.54, 1.807) is 12.4 Å². The van der Waals surface area contributed by atoms with Gasteiger partial charge in [0.1, 0.15) is 0 Å². The summed E-state index contributed by atoms with van der Waals surface area (Å²) in [6.45, 7) is 0. The van der Waals surface area contributed by atoms with Gasteiger partial charge in [-0.15, -0.1) is 0 Å². The van der Waals surface area contributed by atoms with E-state index in [9.17, 15) is 4.79 Å². The van der Waals surface area contributed by atoms with Crippen LogP contribution in [-0.4, -0.2) is 15.8 Å². The molecule has 60 valence electrons. The molecule has 0 unspecified atom stereocenters. The summed E-state index contributed by atoms with van der Waals surface area (Å²) in [6.07, 6.45) is 4.02. The third-order valence-corrected chi connectivity index (χ3v) is 2.27. The van der Waals surface area contributed by atoms with Gasteiger partial charge in [-0.3, -0.25) is 9.78 Å². The lowest BCUT2D eigenvalue weighted by Crippen LogP contribution is -1.93. The number of rotatable bonds is 2. The minimum absolute atomic E-state index is 0.604. The van der Waals surface area contributed by atoms with Crippen LogP contribution in [0.3, 0.4) is 0 Å². The molecule has 2 aromatic heterocycles. The average molecular weight is 179 g/mol. The number of hydrogen-bond donors (Lipinski definition) is 1. The first-order valence-corrected chi connectivity index (χ1v) is 4.09. The van der Waals surface area contributed by atoms with Crippen molar-refractivity contribution in [3.8, 4) is 0 Å². The number of pyridine rings is 1. The molecule has 12 heavy (non-hydrogen) atoms. The Morgan fingerprint density at radius 2 is 2.50 bits per heavy atom. The zero-order valence-electron chi connectivity index (χ0n) is 6.02. The molecule has 1 N–H and O–H groups in total. The van der Waals surface area contributed by atoms with Crippen molar-refractivity contribution in [1.29, 1.82) is 0 Å². The molecular formula is C7H5N3OS. The Labute approximate surface area is 72.4 Å². The Morgan fingerprint density at radius 3 is 3.33 bits per heavy atom. The van der Waals surface area contributed by atoms with Gasteiger partial charge < -0.3 is 5.32 Å². The van der Waals surface area contributed by atoms with Crippen LogP contribution < -0.4 is 5.32 Å². The first-order valence-electron chi connectivity index (χ1n) is 3.31. The molecule has 2 rings (SSSR count). The number of aromatic nitrogens is 2. The number of nitrogens with zero attached hydrogens (tertiary/aromatic N) is 2. The van der Waals surface area contributed by atoms with Crippen molar-refractivity contribution in [3.05, 3.63) is 18.5 Å². The summed E-state index contributed by atoms with van der Waals surface area (Å²) in [5, 5.41) is 3.45. The lowest BCUT2D eigenvalue weighted by molar-refractivity contribution is -0.105. The highest BCUT2D eigenvalue weighted by Gasteiger charge is 2.02. The molecule has 0 saturated carbocycles. The van der Waals surface area contributed by atoms with Crippen LogP contribution in [0.25, 0.3) is 10.1 Å². The molecule has 0 aliphatic rings. The second-order valence-corrected chi connectivity index (χ2v) is 2.97. The van der Waals surface area contributed by atoms with E-state index in [1.807, 2.05) is 6.07 Å². The maximum absolute atomic E-state index is 10.2. The van der Waals surface area contributed by atoms with Gasteiger partial charge in [0, 0.05) is 17.8 Å². The molecule has 0 aliphatic heterocycles. The molecule has 0 atom stereocenters. The molecule has 4 nitrogen and oxygen atoms in total. The van der Waals surface area contributed by atoms with Crippen molar-refractivity contribution >= 4 is 33.8 Å². The summed E-state index contributed by atoms with van der Waals surface area (Å²) in [4.78, 5) is 14.1. The molecule has 0 spiro atoms. The number of carbonyl (C=O) groups is 1. The van der Waals surface area contributed by atoms with Crippen LogP contribution in [0, 0.1) is 0 Å². The minimum Gasteiger partial charge on any atom is -0.312 e. The fourth-order valence-corrected chi connectivity index (χ4v) is 1.66. The number of fused-ring (bicyclic) bond motifs is 1. The zero-order valence-corrected chi connectivity index (χ0v) is 6.84. The van der Waals surface area contributed by atoms with Crippen LogP contribution in [0.5, 0.6) is 0 Å². The number of hydrogen-bond acceptors (Lipinski definition) is 4. The molecule has 1 amide bonds. The molecule has 0 aliphatic carbocycles. The van der Waals surface area contributed by atoms with Gasteiger partial charge in [-0.1, -0.05) is 0 Å². The van der Waals surface area contributed by atoms with E-state index in [1.165, 1.54) is 11.5 Å². The topological polar surface area (TPSA) is 54.9 Å². The Kier molecular flexibility index (Phi) is 1.71. The van der Waals surface area contributed by atoms with Crippen molar-refractivity contribution < 1.29 is 4.79 Å². The van der Waals surface area contributed by atoms with Gasteiger partial charge in [0.05, 0.1) is 4.70 Å². The Morgan fingerprint density at radius 1 is 1.58 bits per heavy atom. The lowest BCUT2D eigenvalue weighted by atomic mass is 10.3. The lowest BCUT2D eigenvalue weighted by Gasteiger charge is -1.90. The number of amides is 1. The van der Waals surface area contributed by atoms with Crippen LogP contribution in [0.4, 0.5) is 5.82 Å². The molecule has 2 aromatic rings. The molecule has 2 heterocycles. The number of anilines is 1. The Bertz CT molecular complexity index is 412. The van der Waals surface area contributed by atoms with Crippen molar-refractivity contribution in [2.45, 2.75) is 0 Å². The second-order valence-electron chi connectivity index (χ2n) is 2.17. The fourth-order valence-electron chi connectivity index (χ4n) is 0.952. The standard InChI is InChI=1S/C7H5N3OS/c11-4-9-7-5-1-2-8-3-6(5)12-10-7/h1-4H,(H,9,10,11). The van der Waals surface area contributed by atoms with Crippen LogP contribution in [0.2, 0.25) is 0 Å². The molecule has 0 fully saturated rings. The van der Waals surface area contributed by atoms with Crippen LogP contribution in [-0.2, 0) is 4.79 Å². The fraction of sp³-hybridized carbons (Fsp3) is 0. The Balaban J connectivity index is 2.62. The predicted octanol–water partition coefficient (Wildman–Crippen LogP) is 1.26. The molecule has 0 aromatic carbocycles. The number of nitrogens with one attached hydrogen (secondary N) is 1. The summed E-state index contributed by atoms with van der Waals surface area (Å²) < 4.78 is 5.02. The number of carbonyl (C=O) groups excluding carboxylic acids is 1. The van der Waals surface area contributed by atoms with Gasteiger partial charge >= 0.3 is 0 Å². The summed E-state index contributed by atoms with van der Waals surface area (Å²) in [7, 11) is 0. The summed E-state index contributed by atoms with van der Waals surface area (Å²) in [6, 6.07) is 1.82. The van der Waals surface area contributed by atoms with E-state index >= 15 is 0 Å². The van der Waals surface area contributed by atoms with Gasteiger partial charge in [-0.25, -0.2) is 0 Å². The monoisotopic (exact) mass is 179 g/mol. The maximum Gasteiger partial charge on any atom is 0.212 e. The first kappa shape index (κ1) is 7.17. The molecule has 5 heteroatoms. The summed E-state index contributed by atoms with van der Waals surface area (Å²) in [5.74, 6) is 0.604. The van der Waals surface area contributed by atoms with Gasteiger partial charge in [-0.2, -0.15) is 4.37 Å². The smallest absolute Gasteiger partial charge is 0.212 e. The van der Waals surface area contributed by atoms with Gasteiger partial charge in [-0.05, 0) is 17.6 Å². The van der Waals surface area contributed by atoms with Crippen molar-refractivity contribution in [2.75, 3.05) is 5.32 Å².